The summed E-state index contributed by atoms with van der Waals surface area (Å²) >= 11 is 0. The van der Waals surface area contributed by atoms with E-state index in [1.165, 1.54) is 40.7 Å². The first-order valence-corrected chi connectivity index (χ1v) is 11.6. The number of sulfonamides is 2. The molecule has 6 nitrogen and oxygen atoms in total. The van der Waals surface area contributed by atoms with Gasteiger partial charge in [0, 0.05) is 19.6 Å². The van der Waals surface area contributed by atoms with Gasteiger partial charge in [0.15, 0.2) is 0 Å². The zero-order valence-corrected chi connectivity index (χ0v) is 16.3. The molecule has 1 aliphatic heterocycles. The lowest BCUT2D eigenvalue weighted by Crippen LogP contribution is -2.28. The second kappa shape index (κ2) is 8.05. The third-order valence-corrected chi connectivity index (χ3v) is 7.85. The molecular weight excluding hydrogens is 391 g/mol. The van der Waals surface area contributed by atoms with Crippen LogP contribution in [-0.2, 0) is 26.5 Å². The Bertz CT molecular complexity index is 983. The summed E-state index contributed by atoms with van der Waals surface area (Å²) in [6.45, 7) is 1.14. The molecule has 1 saturated heterocycles. The second-order valence-corrected chi connectivity index (χ2v) is 10.1. The molecule has 0 atom stereocenters. The predicted molar refractivity (Wildman–Crippen MR) is 99.7 cm³/mol. The minimum absolute atomic E-state index is 0.00183. The Balaban J connectivity index is 1.65. The van der Waals surface area contributed by atoms with Crippen molar-refractivity contribution in [3.63, 3.8) is 0 Å². The van der Waals surface area contributed by atoms with Crippen LogP contribution in [0.3, 0.4) is 0 Å². The Morgan fingerprint density at radius 3 is 2.00 bits per heavy atom. The topological polar surface area (TPSA) is 83.5 Å². The Morgan fingerprint density at radius 2 is 1.41 bits per heavy atom. The van der Waals surface area contributed by atoms with Gasteiger partial charge < -0.3 is 0 Å². The van der Waals surface area contributed by atoms with Crippen LogP contribution in [0.2, 0.25) is 0 Å². The summed E-state index contributed by atoms with van der Waals surface area (Å²) in [6.07, 6.45) is 2.09. The van der Waals surface area contributed by atoms with Crippen molar-refractivity contribution in [3.8, 4) is 0 Å². The monoisotopic (exact) mass is 412 g/mol. The van der Waals surface area contributed by atoms with Crippen LogP contribution in [0.15, 0.2) is 58.3 Å². The maximum absolute atomic E-state index is 12.9. The Hall–Kier alpha value is -1.81. The molecule has 2 aromatic rings. The Kier molecular flexibility index (Phi) is 5.95. The van der Waals surface area contributed by atoms with Crippen molar-refractivity contribution in [2.75, 3.05) is 19.6 Å². The van der Waals surface area contributed by atoms with Gasteiger partial charge in [0.25, 0.3) is 0 Å². The van der Waals surface area contributed by atoms with E-state index in [0.29, 0.717) is 19.5 Å². The fraction of sp³-hybridized carbons (Fsp3) is 0.333. The van der Waals surface area contributed by atoms with Gasteiger partial charge in [-0.05, 0) is 61.2 Å². The van der Waals surface area contributed by atoms with Crippen LogP contribution in [-0.4, -0.2) is 40.8 Å². The highest BCUT2D eigenvalue weighted by Crippen LogP contribution is 2.22. The van der Waals surface area contributed by atoms with Crippen LogP contribution in [0, 0.1) is 5.82 Å². The van der Waals surface area contributed by atoms with Crippen LogP contribution in [0.4, 0.5) is 4.39 Å². The molecule has 0 aliphatic carbocycles. The van der Waals surface area contributed by atoms with Crippen molar-refractivity contribution in [3.05, 3.63) is 59.9 Å². The van der Waals surface area contributed by atoms with Gasteiger partial charge >= 0.3 is 0 Å². The standard InChI is InChI=1S/C18H21FN2O4S2/c19-16-5-3-15(4-6-16)11-12-20-26(22,23)17-7-9-18(10-8-17)27(24,25)21-13-1-2-14-21/h3-10,20H,1-2,11-14H2. The SMILES string of the molecule is O=S(=O)(NCCc1ccc(F)cc1)c1ccc(S(=O)(=O)N2CCCC2)cc1. The van der Waals surface area contributed by atoms with Crippen molar-refractivity contribution in [1.29, 1.82) is 0 Å². The normalized spacial score (nSPS) is 15.9. The summed E-state index contributed by atoms with van der Waals surface area (Å²) in [4.78, 5) is 0.0941. The average Bonchev–Trinajstić information content (AvgIpc) is 3.19. The van der Waals surface area contributed by atoms with E-state index in [9.17, 15) is 21.2 Å². The maximum atomic E-state index is 12.9. The second-order valence-electron chi connectivity index (χ2n) is 6.36. The average molecular weight is 413 g/mol. The number of benzene rings is 2. The number of nitrogens with one attached hydrogen (secondary N) is 1. The van der Waals surface area contributed by atoms with Gasteiger partial charge in [-0.25, -0.2) is 25.9 Å². The van der Waals surface area contributed by atoms with E-state index in [1.54, 1.807) is 12.1 Å². The van der Waals surface area contributed by atoms with E-state index in [-0.39, 0.29) is 22.2 Å². The Labute approximate surface area is 159 Å². The van der Waals surface area contributed by atoms with Crippen LogP contribution in [0.1, 0.15) is 18.4 Å². The van der Waals surface area contributed by atoms with E-state index < -0.39 is 20.0 Å². The van der Waals surface area contributed by atoms with Gasteiger partial charge in [0.2, 0.25) is 20.0 Å². The molecule has 0 unspecified atom stereocenters. The van der Waals surface area contributed by atoms with Gasteiger partial charge in [0.1, 0.15) is 5.82 Å². The van der Waals surface area contributed by atoms with E-state index in [0.717, 1.165) is 18.4 Å². The van der Waals surface area contributed by atoms with Crippen LogP contribution in [0.5, 0.6) is 0 Å². The summed E-state index contributed by atoms with van der Waals surface area (Å²) in [5.41, 5.74) is 0.811. The van der Waals surface area contributed by atoms with Gasteiger partial charge in [-0.1, -0.05) is 12.1 Å². The lowest BCUT2D eigenvalue weighted by molar-refractivity contribution is 0.477. The fourth-order valence-corrected chi connectivity index (χ4v) is 5.48. The highest BCUT2D eigenvalue weighted by atomic mass is 32.2. The first kappa shape index (κ1) is 19.9. The molecule has 0 spiro atoms. The molecule has 3 rings (SSSR count). The molecule has 27 heavy (non-hydrogen) atoms. The van der Waals surface area contributed by atoms with Gasteiger partial charge in [-0.2, -0.15) is 4.31 Å². The van der Waals surface area contributed by atoms with E-state index in [2.05, 4.69) is 4.72 Å². The molecule has 146 valence electrons. The number of halogens is 1. The first-order chi connectivity index (χ1) is 12.8. The molecule has 1 fully saturated rings. The molecule has 9 heteroatoms. The molecule has 1 N–H and O–H groups in total. The third-order valence-electron chi connectivity index (χ3n) is 4.46. The largest absolute Gasteiger partial charge is 0.243 e. The summed E-state index contributed by atoms with van der Waals surface area (Å²) < 4.78 is 66.5. The molecule has 0 aromatic heterocycles. The summed E-state index contributed by atoms with van der Waals surface area (Å²) in [6, 6.07) is 11.1. The highest BCUT2D eigenvalue weighted by molar-refractivity contribution is 7.89. The summed E-state index contributed by atoms with van der Waals surface area (Å²) in [7, 11) is -7.32. The molecule has 0 radical (unpaired) electrons. The zero-order chi connectivity index (χ0) is 19.5. The van der Waals surface area contributed by atoms with Gasteiger partial charge in [0.05, 0.1) is 9.79 Å². The number of hydrogen-bond donors (Lipinski definition) is 1. The van der Waals surface area contributed by atoms with Crippen LogP contribution < -0.4 is 4.72 Å². The zero-order valence-electron chi connectivity index (χ0n) is 14.6. The third kappa shape index (κ3) is 4.73. The molecule has 1 heterocycles. The van der Waals surface area contributed by atoms with Crippen LogP contribution in [0.25, 0.3) is 0 Å². The smallest absolute Gasteiger partial charge is 0.211 e. The molecule has 0 amide bonds. The van der Waals surface area contributed by atoms with E-state index in [4.69, 9.17) is 0 Å². The van der Waals surface area contributed by atoms with Gasteiger partial charge in [-0.15, -0.1) is 0 Å². The number of hydrogen-bond acceptors (Lipinski definition) is 4. The number of nitrogens with zero attached hydrogens (tertiary/aromatic N) is 1. The van der Waals surface area contributed by atoms with Crippen molar-refractivity contribution >= 4 is 20.0 Å². The minimum atomic E-state index is -3.75. The van der Waals surface area contributed by atoms with Crippen molar-refractivity contribution in [2.45, 2.75) is 29.1 Å². The van der Waals surface area contributed by atoms with Gasteiger partial charge in [-0.3, -0.25) is 0 Å². The molecule has 0 bridgehead atoms. The summed E-state index contributed by atoms with van der Waals surface area (Å²) in [5.74, 6) is -0.344. The molecule has 2 aromatic carbocycles. The predicted octanol–water partition coefficient (Wildman–Crippen LogP) is 2.13. The highest BCUT2D eigenvalue weighted by Gasteiger charge is 2.27. The Morgan fingerprint density at radius 1 is 0.852 bits per heavy atom. The lowest BCUT2D eigenvalue weighted by Gasteiger charge is -2.15. The van der Waals surface area contributed by atoms with Crippen molar-refractivity contribution in [1.82, 2.24) is 9.03 Å². The molecular formula is C18H21FN2O4S2. The quantitative estimate of drug-likeness (QED) is 0.755. The summed E-state index contributed by atoms with van der Waals surface area (Å²) in [5, 5.41) is 0. The van der Waals surface area contributed by atoms with E-state index in [1.807, 2.05) is 0 Å². The number of rotatable bonds is 7. The van der Waals surface area contributed by atoms with Crippen molar-refractivity contribution < 1.29 is 21.2 Å². The molecule has 0 saturated carbocycles. The first-order valence-electron chi connectivity index (χ1n) is 8.63. The maximum Gasteiger partial charge on any atom is 0.243 e. The fourth-order valence-electron chi connectivity index (χ4n) is 2.93. The van der Waals surface area contributed by atoms with Crippen LogP contribution >= 0.6 is 0 Å². The van der Waals surface area contributed by atoms with Crippen molar-refractivity contribution in [2.24, 2.45) is 0 Å². The minimum Gasteiger partial charge on any atom is -0.211 e. The lowest BCUT2D eigenvalue weighted by atomic mass is 10.1. The van der Waals surface area contributed by atoms with E-state index >= 15 is 0 Å². The molecule has 1 aliphatic rings.